The molecule has 1 aromatic carbocycles. The Balaban J connectivity index is 1.43. The van der Waals surface area contributed by atoms with Crippen molar-refractivity contribution in [3.05, 3.63) is 23.8 Å². The number of nitrogens with one attached hydrogen (secondary N) is 1. The molecule has 4 rings (SSSR count). The molecule has 0 spiro atoms. The van der Waals surface area contributed by atoms with Gasteiger partial charge in [-0.15, -0.1) is 0 Å². The van der Waals surface area contributed by atoms with Crippen LogP contribution in [0, 0.1) is 11.8 Å². The molecule has 3 aliphatic rings. The molecule has 1 saturated heterocycles. The molecule has 2 fully saturated rings. The van der Waals surface area contributed by atoms with Crippen molar-refractivity contribution in [1.29, 1.82) is 0 Å². The zero-order chi connectivity index (χ0) is 23.3. The number of amides is 2. The summed E-state index contributed by atoms with van der Waals surface area (Å²) in [5.41, 5.74) is 0.741. The van der Waals surface area contributed by atoms with Gasteiger partial charge in [0, 0.05) is 37.8 Å². The van der Waals surface area contributed by atoms with E-state index in [9.17, 15) is 18.0 Å². The summed E-state index contributed by atoms with van der Waals surface area (Å²) in [7, 11) is -1.97. The minimum Gasteiger partial charge on any atom is -0.353 e. The number of carbonyl (C=O) groups excluding carboxylic acids is 2. The number of sulfonamides is 1. The summed E-state index contributed by atoms with van der Waals surface area (Å²) in [6.45, 7) is 6.51. The van der Waals surface area contributed by atoms with Gasteiger partial charge in [-0.2, -0.15) is 4.31 Å². The van der Waals surface area contributed by atoms with Crippen LogP contribution in [0.3, 0.4) is 0 Å². The third-order valence-electron chi connectivity index (χ3n) is 7.74. The fraction of sp³-hybridized carbons (Fsp3) is 0.667. The number of rotatable bonds is 4. The van der Waals surface area contributed by atoms with Gasteiger partial charge in [0.05, 0.1) is 10.3 Å². The van der Waals surface area contributed by atoms with E-state index in [4.69, 9.17) is 0 Å². The molecular weight excluding hydrogens is 426 g/mol. The Morgan fingerprint density at radius 3 is 2.41 bits per heavy atom. The normalized spacial score (nSPS) is 26.8. The second-order valence-corrected chi connectivity index (χ2v) is 12.2. The van der Waals surface area contributed by atoms with Crippen LogP contribution in [0.5, 0.6) is 0 Å². The molecule has 0 unspecified atom stereocenters. The first-order valence-electron chi connectivity index (χ1n) is 11.8. The number of piperidine rings is 1. The number of benzene rings is 1. The van der Waals surface area contributed by atoms with Gasteiger partial charge < -0.3 is 10.2 Å². The van der Waals surface area contributed by atoms with E-state index in [2.05, 4.69) is 12.2 Å². The van der Waals surface area contributed by atoms with Crippen molar-refractivity contribution in [2.45, 2.75) is 75.6 Å². The summed E-state index contributed by atoms with van der Waals surface area (Å²) < 4.78 is 28.1. The van der Waals surface area contributed by atoms with Gasteiger partial charge in [-0.1, -0.05) is 19.8 Å². The molecule has 176 valence electrons. The van der Waals surface area contributed by atoms with E-state index in [0.29, 0.717) is 31.8 Å². The monoisotopic (exact) mass is 461 g/mol. The molecule has 2 atom stereocenters. The third-order valence-corrected chi connectivity index (χ3v) is 9.64. The molecule has 2 aliphatic heterocycles. The smallest absolute Gasteiger partial charge is 0.243 e. The number of hydrogen-bond acceptors (Lipinski definition) is 4. The van der Waals surface area contributed by atoms with Gasteiger partial charge in [0.1, 0.15) is 0 Å². The van der Waals surface area contributed by atoms with Gasteiger partial charge >= 0.3 is 0 Å². The summed E-state index contributed by atoms with van der Waals surface area (Å²) in [6, 6.07) is 5.20. The summed E-state index contributed by atoms with van der Waals surface area (Å²) in [4.78, 5) is 27.1. The van der Waals surface area contributed by atoms with Crippen LogP contribution in [0.2, 0.25) is 0 Å². The SMILES string of the molecule is C[C@@H]1CCCC[C@H]1NC(=O)C1CCN(S(=O)(=O)c2ccc3c(c2)C(C)(C)C(=O)N3C)CC1. The van der Waals surface area contributed by atoms with Crippen LogP contribution in [-0.2, 0) is 25.0 Å². The molecule has 1 saturated carbocycles. The van der Waals surface area contributed by atoms with Crippen molar-refractivity contribution < 1.29 is 18.0 Å². The van der Waals surface area contributed by atoms with Crippen molar-refractivity contribution in [2.24, 2.45) is 11.8 Å². The average molecular weight is 462 g/mol. The average Bonchev–Trinajstić information content (AvgIpc) is 2.95. The van der Waals surface area contributed by atoms with E-state index in [1.807, 2.05) is 13.8 Å². The minimum absolute atomic E-state index is 0.0406. The number of anilines is 1. The predicted molar refractivity (Wildman–Crippen MR) is 124 cm³/mol. The number of fused-ring (bicyclic) bond motifs is 1. The highest BCUT2D eigenvalue weighted by atomic mass is 32.2. The van der Waals surface area contributed by atoms with E-state index in [-0.39, 0.29) is 28.7 Å². The van der Waals surface area contributed by atoms with E-state index in [0.717, 1.165) is 30.5 Å². The van der Waals surface area contributed by atoms with Gasteiger partial charge in [-0.25, -0.2) is 8.42 Å². The molecule has 1 N–H and O–H groups in total. The maximum atomic E-state index is 13.3. The Hall–Kier alpha value is -1.93. The molecule has 8 heteroatoms. The second kappa shape index (κ2) is 8.45. The van der Waals surface area contributed by atoms with Crippen LogP contribution in [0.15, 0.2) is 23.1 Å². The molecule has 2 heterocycles. The van der Waals surface area contributed by atoms with Crippen molar-refractivity contribution in [2.75, 3.05) is 25.0 Å². The lowest BCUT2D eigenvalue weighted by molar-refractivity contribution is -0.127. The van der Waals surface area contributed by atoms with Gasteiger partial charge in [-0.3, -0.25) is 9.59 Å². The van der Waals surface area contributed by atoms with Gasteiger partial charge in [0.2, 0.25) is 21.8 Å². The van der Waals surface area contributed by atoms with Crippen LogP contribution in [0.1, 0.15) is 64.9 Å². The Morgan fingerprint density at radius 2 is 1.75 bits per heavy atom. The van der Waals surface area contributed by atoms with E-state index >= 15 is 0 Å². The zero-order valence-corrected chi connectivity index (χ0v) is 20.4. The van der Waals surface area contributed by atoms with Crippen LogP contribution >= 0.6 is 0 Å². The van der Waals surface area contributed by atoms with Gasteiger partial charge in [0.15, 0.2) is 0 Å². The Bertz CT molecular complexity index is 1010. The third kappa shape index (κ3) is 3.96. The summed E-state index contributed by atoms with van der Waals surface area (Å²) >= 11 is 0. The van der Waals surface area contributed by atoms with E-state index in [1.165, 1.54) is 10.7 Å². The summed E-state index contributed by atoms with van der Waals surface area (Å²) in [5, 5.41) is 3.23. The topological polar surface area (TPSA) is 86.8 Å². The fourth-order valence-corrected chi connectivity index (χ4v) is 6.95. The first-order chi connectivity index (χ1) is 15.0. The maximum Gasteiger partial charge on any atom is 0.243 e. The van der Waals surface area contributed by atoms with Gasteiger partial charge in [0.25, 0.3) is 0 Å². The molecule has 0 radical (unpaired) electrons. The lowest BCUT2D eigenvalue weighted by Crippen LogP contribution is -2.47. The fourth-order valence-electron chi connectivity index (χ4n) is 5.45. The highest BCUT2D eigenvalue weighted by Gasteiger charge is 2.43. The predicted octanol–water partition coefficient (Wildman–Crippen LogP) is 3.04. The summed E-state index contributed by atoms with van der Waals surface area (Å²) in [6.07, 6.45) is 5.64. The summed E-state index contributed by atoms with van der Waals surface area (Å²) in [5.74, 6) is 0.395. The van der Waals surface area contributed by atoms with Crippen LogP contribution in [0.4, 0.5) is 5.69 Å². The Kier molecular flexibility index (Phi) is 6.13. The van der Waals surface area contributed by atoms with Crippen molar-refractivity contribution >= 4 is 27.5 Å². The largest absolute Gasteiger partial charge is 0.353 e. The van der Waals surface area contributed by atoms with Gasteiger partial charge in [-0.05, 0) is 69.2 Å². The Labute approximate surface area is 191 Å². The highest BCUT2D eigenvalue weighted by Crippen LogP contribution is 2.42. The second-order valence-electron chi connectivity index (χ2n) is 10.2. The zero-order valence-electron chi connectivity index (χ0n) is 19.6. The maximum absolute atomic E-state index is 13.3. The highest BCUT2D eigenvalue weighted by molar-refractivity contribution is 7.89. The van der Waals surface area contributed by atoms with E-state index < -0.39 is 15.4 Å². The van der Waals surface area contributed by atoms with Crippen molar-refractivity contribution in [3.63, 3.8) is 0 Å². The molecule has 7 nitrogen and oxygen atoms in total. The molecule has 0 aromatic heterocycles. The Morgan fingerprint density at radius 1 is 1.09 bits per heavy atom. The molecule has 0 bridgehead atoms. The van der Waals surface area contributed by atoms with Crippen molar-refractivity contribution in [3.8, 4) is 0 Å². The molecule has 32 heavy (non-hydrogen) atoms. The van der Waals surface area contributed by atoms with Crippen molar-refractivity contribution in [1.82, 2.24) is 9.62 Å². The van der Waals surface area contributed by atoms with Crippen LogP contribution in [0.25, 0.3) is 0 Å². The lowest BCUT2D eigenvalue weighted by atomic mass is 9.85. The number of hydrogen-bond donors (Lipinski definition) is 1. The molecule has 1 aromatic rings. The number of carbonyl (C=O) groups is 2. The molecule has 1 aliphatic carbocycles. The van der Waals surface area contributed by atoms with Crippen LogP contribution in [-0.4, -0.2) is 50.7 Å². The number of likely N-dealkylation sites (N-methyl/N-ethyl adjacent to an activating group) is 1. The minimum atomic E-state index is -3.68. The molecular formula is C24H35N3O4S. The lowest BCUT2D eigenvalue weighted by Gasteiger charge is -2.34. The van der Waals surface area contributed by atoms with E-state index in [1.54, 1.807) is 30.1 Å². The first kappa shape index (κ1) is 23.2. The quantitative estimate of drug-likeness (QED) is 0.747. The standard InChI is InChI=1S/C24H35N3O4S/c1-16-7-5-6-8-20(16)25-22(28)17-11-13-27(14-12-17)32(30,31)18-9-10-21-19(15-18)24(2,3)23(29)26(21)4/h9-10,15-17,20H,5-8,11-14H2,1-4H3,(H,25,28)/t16-,20-/m1/s1. The van der Waals surface area contributed by atoms with Crippen LogP contribution < -0.4 is 10.2 Å². The molecule has 2 amide bonds. The first-order valence-corrected chi connectivity index (χ1v) is 13.2. The number of nitrogens with zero attached hydrogens (tertiary/aromatic N) is 2.